The predicted octanol–water partition coefficient (Wildman–Crippen LogP) is 2.05. The van der Waals surface area contributed by atoms with Gasteiger partial charge in [-0.15, -0.1) is 6.58 Å². The number of aromatic amines is 1. The van der Waals surface area contributed by atoms with Crippen LogP contribution in [0.15, 0.2) is 29.4 Å². The molecule has 1 rings (SSSR count). The average molecular weight is 287 g/mol. The molecule has 0 saturated carbocycles. The Kier molecular flexibility index (Phi) is 5.28. The van der Waals surface area contributed by atoms with Crippen molar-refractivity contribution in [3.05, 3.63) is 35.1 Å². The highest BCUT2D eigenvalue weighted by Gasteiger charge is 2.15. The van der Waals surface area contributed by atoms with Crippen molar-refractivity contribution in [2.24, 2.45) is 0 Å². The van der Waals surface area contributed by atoms with Crippen LogP contribution in [-0.2, 0) is 4.74 Å². The van der Waals surface area contributed by atoms with Crippen LogP contribution in [0.2, 0.25) is 0 Å². The van der Waals surface area contributed by atoms with Crippen LogP contribution < -0.4 is 0 Å². The standard InChI is InChI=1S/C11H15BrN2O2/c1-3-4-14(5-6-16-2)11(15)10-7-9(12)8-13-10/h3,7-8,13H,1,4-6H2,2H3. The minimum absolute atomic E-state index is 0.0531. The molecule has 0 aliphatic heterocycles. The molecule has 0 radical (unpaired) electrons. The van der Waals surface area contributed by atoms with E-state index in [9.17, 15) is 4.79 Å². The molecule has 1 amide bonds. The third-order valence-corrected chi connectivity index (χ3v) is 2.54. The van der Waals surface area contributed by atoms with Gasteiger partial charge in [-0.05, 0) is 22.0 Å². The minimum atomic E-state index is -0.0531. The molecule has 0 aliphatic rings. The van der Waals surface area contributed by atoms with E-state index >= 15 is 0 Å². The molecule has 16 heavy (non-hydrogen) atoms. The SMILES string of the molecule is C=CCN(CCOC)C(=O)c1cc(Br)c[nH]1. The number of aromatic nitrogens is 1. The van der Waals surface area contributed by atoms with Crippen LogP contribution in [0.3, 0.4) is 0 Å². The smallest absolute Gasteiger partial charge is 0.270 e. The number of nitrogens with one attached hydrogen (secondary N) is 1. The first-order chi connectivity index (χ1) is 7.69. The van der Waals surface area contributed by atoms with Crippen LogP contribution in [0.1, 0.15) is 10.5 Å². The van der Waals surface area contributed by atoms with E-state index in [4.69, 9.17) is 4.74 Å². The summed E-state index contributed by atoms with van der Waals surface area (Å²) in [6, 6.07) is 1.76. The largest absolute Gasteiger partial charge is 0.383 e. The predicted molar refractivity (Wildman–Crippen MR) is 66.5 cm³/mol. The Labute approximate surface area is 103 Å². The molecule has 0 unspecified atom stereocenters. The van der Waals surface area contributed by atoms with Gasteiger partial charge in [-0.3, -0.25) is 4.79 Å². The molecule has 1 heterocycles. The highest BCUT2D eigenvalue weighted by atomic mass is 79.9. The van der Waals surface area contributed by atoms with Crippen LogP contribution in [-0.4, -0.2) is 42.6 Å². The summed E-state index contributed by atoms with van der Waals surface area (Å²) in [5.74, 6) is -0.0531. The van der Waals surface area contributed by atoms with Gasteiger partial charge in [-0.1, -0.05) is 6.08 Å². The number of carbonyl (C=O) groups excluding carboxylic acids is 1. The van der Waals surface area contributed by atoms with Crippen LogP contribution in [0.5, 0.6) is 0 Å². The summed E-state index contributed by atoms with van der Waals surface area (Å²) in [5, 5.41) is 0. The summed E-state index contributed by atoms with van der Waals surface area (Å²) in [5.41, 5.74) is 0.560. The molecule has 0 fully saturated rings. The van der Waals surface area contributed by atoms with Gasteiger partial charge >= 0.3 is 0 Å². The molecule has 0 bridgehead atoms. The first kappa shape index (κ1) is 13.0. The van der Waals surface area contributed by atoms with E-state index in [1.807, 2.05) is 0 Å². The highest BCUT2D eigenvalue weighted by molar-refractivity contribution is 9.10. The van der Waals surface area contributed by atoms with E-state index in [2.05, 4.69) is 27.5 Å². The Morgan fingerprint density at radius 3 is 3.00 bits per heavy atom. The van der Waals surface area contributed by atoms with Crippen LogP contribution in [0.4, 0.5) is 0 Å². The third kappa shape index (κ3) is 3.50. The van der Waals surface area contributed by atoms with Gasteiger partial charge in [0.05, 0.1) is 6.61 Å². The fourth-order valence-electron chi connectivity index (χ4n) is 1.29. The zero-order valence-corrected chi connectivity index (χ0v) is 10.8. The molecule has 0 aromatic carbocycles. The maximum absolute atomic E-state index is 12.0. The lowest BCUT2D eigenvalue weighted by Gasteiger charge is -2.19. The van der Waals surface area contributed by atoms with Gasteiger partial charge in [0.25, 0.3) is 5.91 Å². The van der Waals surface area contributed by atoms with E-state index in [1.54, 1.807) is 30.3 Å². The molecule has 0 aliphatic carbocycles. The summed E-state index contributed by atoms with van der Waals surface area (Å²) in [7, 11) is 1.61. The van der Waals surface area contributed by atoms with Crippen LogP contribution in [0.25, 0.3) is 0 Å². The van der Waals surface area contributed by atoms with E-state index in [0.29, 0.717) is 25.4 Å². The second-order valence-corrected chi connectivity index (χ2v) is 4.18. The number of methoxy groups -OCH3 is 1. The van der Waals surface area contributed by atoms with E-state index < -0.39 is 0 Å². The Balaban J connectivity index is 2.69. The molecule has 1 N–H and O–H groups in total. The third-order valence-electron chi connectivity index (χ3n) is 2.08. The number of hydrogen-bond acceptors (Lipinski definition) is 2. The monoisotopic (exact) mass is 286 g/mol. The van der Waals surface area contributed by atoms with Crippen molar-refractivity contribution in [1.29, 1.82) is 0 Å². The summed E-state index contributed by atoms with van der Waals surface area (Å²) < 4.78 is 5.82. The van der Waals surface area contributed by atoms with Crippen molar-refractivity contribution in [2.75, 3.05) is 26.8 Å². The van der Waals surface area contributed by atoms with E-state index in [1.165, 1.54) is 0 Å². The Morgan fingerprint density at radius 2 is 2.50 bits per heavy atom. The highest BCUT2D eigenvalue weighted by Crippen LogP contribution is 2.12. The second-order valence-electron chi connectivity index (χ2n) is 3.26. The molecule has 4 nitrogen and oxygen atoms in total. The Hall–Kier alpha value is -1.07. The molecular formula is C11H15BrN2O2. The summed E-state index contributed by atoms with van der Waals surface area (Å²) >= 11 is 3.29. The molecule has 88 valence electrons. The van der Waals surface area contributed by atoms with Crippen molar-refractivity contribution < 1.29 is 9.53 Å². The van der Waals surface area contributed by atoms with Crippen LogP contribution in [0, 0.1) is 0 Å². The lowest BCUT2D eigenvalue weighted by molar-refractivity contribution is 0.0713. The maximum Gasteiger partial charge on any atom is 0.270 e. The second kappa shape index (κ2) is 6.50. The van der Waals surface area contributed by atoms with Crippen LogP contribution >= 0.6 is 15.9 Å². The van der Waals surface area contributed by atoms with Gasteiger partial charge < -0.3 is 14.6 Å². The number of rotatable bonds is 6. The van der Waals surface area contributed by atoms with Gasteiger partial charge in [0.15, 0.2) is 0 Å². The molecule has 0 spiro atoms. The zero-order valence-electron chi connectivity index (χ0n) is 9.20. The van der Waals surface area contributed by atoms with Gasteiger partial charge in [-0.2, -0.15) is 0 Å². The Bertz CT molecular complexity index is 363. The van der Waals surface area contributed by atoms with Crippen molar-refractivity contribution in [3.8, 4) is 0 Å². The maximum atomic E-state index is 12.0. The average Bonchev–Trinajstić information content (AvgIpc) is 2.70. The number of halogens is 1. The first-order valence-corrected chi connectivity index (χ1v) is 5.71. The van der Waals surface area contributed by atoms with E-state index in [0.717, 1.165) is 4.47 Å². The first-order valence-electron chi connectivity index (χ1n) is 4.92. The molecule has 0 atom stereocenters. The molecule has 1 aromatic heterocycles. The molecule has 0 saturated heterocycles. The number of nitrogens with zero attached hydrogens (tertiary/aromatic N) is 1. The van der Waals surface area contributed by atoms with Gasteiger partial charge in [0.1, 0.15) is 5.69 Å². The summed E-state index contributed by atoms with van der Waals surface area (Å²) in [4.78, 5) is 16.6. The number of ether oxygens (including phenoxy) is 1. The van der Waals surface area contributed by atoms with Gasteiger partial charge in [0, 0.05) is 30.9 Å². The molecule has 5 heteroatoms. The number of carbonyl (C=O) groups is 1. The van der Waals surface area contributed by atoms with Crippen molar-refractivity contribution in [3.63, 3.8) is 0 Å². The molecule has 1 aromatic rings. The molecular weight excluding hydrogens is 272 g/mol. The van der Waals surface area contributed by atoms with Gasteiger partial charge in [-0.25, -0.2) is 0 Å². The van der Waals surface area contributed by atoms with Gasteiger partial charge in [0.2, 0.25) is 0 Å². The van der Waals surface area contributed by atoms with Crippen molar-refractivity contribution in [2.45, 2.75) is 0 Å². The number of amides is 1. The lowest BCUT2D eigenvalue weighted by Crippen LogP contribution is -2.34. The lowest BCUT2D eigenvalue weighted by atomic mass is 10.3. The van der Waals surface area contributed by atoms with Crippen molar-refractivity contribution >= 4 is 21.8 Å². The minimum Gasteiger partial charge on any atom is -0.383 e. The Morgan fingerprint density at radius 1 is 1.75 bits per heavy atom. The topological polar surface area (TPSA) is 45.3 Å². The zero-order chi connectivity index (χ0) is 12.0. The summed E-state index contributed by atoms with van der Waals surface area (Å²) in [6.07, 6.45) is 3.43. The van der Waals surface area contributed by atoms with E-state index in [-0.39, 0.29) is 5.91 Å². The fourth-order valence-corrected chi connectivity index (χ4v) is 1.64. The number of H-pyrrole nitrogens is 1. The number of hydrogen-bond donors (Lipinski definition) is 1. The van der Waals surface area contributed by atoms with Crippen molar-refractivity contribution in [1.82, 2.24) is 9.88 Å². The quantitative estimate of drug-likeness (QED) is 0.814. The normalized spacial score (nSPS) is 10.1. The summed E-state index contributed by atoms with van der Waals surface area (Å²) in [6.45, 7) is 5.22. The fraction of sp³-hybridized carbons (Fsp3) is 0.364.